The molecule has 0 radical (unpaired) electrons. The molecule has 2 aliphatic carbocycles. The second-order valence-corrected chi connectivity index (χ2v) is 12.3. The van der Waals surface area contributed by atoms with Gasteiger partial charge in [0.15, 0.2) is 0 Å². The fraction of sp³-hybridized carbons (Fsp3) is 0.964. The van der Waals surface area contributed by atoms with Crippen LogP contribution in [0.1, 0.15) is 58.8 Å². The molecule has 1 amide bonds. The molecular formula is C28H47F6N3O3. The fourth-order valence-electron chi connectivity index (χ4n) is 7.04. The van der Waals surface area contributed by atoms with Crippen molar-refractivity contribution in [1.29, 1.82) is 0 Å². The molecule has 234 valence electrons. The Bertz CT molecular complexity index is 781. The van der Waals surface area contributed by atoms with Gasteiger partial charge in [-0.2, -0.15) is 26.3 Å². The van der Waals surface area contributed by atoms with Crippen LogP contribution in [-0.4, -0.2) is 111 Å². The Morgan fingerprint density at radius 2 is 1.35 bits per heavy atom. The molecule has 0 bridgehead atoms. The summed E-state index contributed by atoms with van der Waals surface area (Å²) in [5.41, 5.74) is 0. The van der Waals surface area contributed by atoms with Crippen LogP contribution in [0, 0.1) is 23.7 Å². The number of hydrogen-bond acceptors (Lipinski definition) is 5. The summed E-state index contributed by atoms with van der Waals surface area (Å²) in [7, 11) is 4.91. The van der Waals surface area contributed by atoms with Gasteiger partial charge in [-0.15, -0.1) is 0 Å². The van der Waals surface area contributed by atoms with Gasteiger partial charge >= 0.3 is 12.4 Å². The number of amides is 1. The number of nitrogens with zero attached hydrogens (tertiary/aromatic N) is 3. The molecule has 6 unspecified atom stereocenters. The van der Waals surface area contributed by atoms with Crippen molar-refractivity contribution < 1.29 is 40.6 Å². The fourth-order valence-corrected chi connectivity index (χ4v) is 7.04. The van der Waals surface area contributed by atoms with E-state index in [1.54, 1.807) is 21.3 Å². The molecule has 0 aromatic rings. The monoisotopic (exact) mass is 587 g/mol. The minimum absolute atomic E-state index is 0.0100. The Labute approximate surface area is 234 Å². The molecule has 3 rings (SSSR count). The zero-order valence-corrected chi connectivity index (χ0v) is 24.4. The van der Waals surface area contributed by atoms with E-state index in [1.807, 2.05) is 0 Å². The van der Waals surface area contributed by atoms with Gasteiger partial charge in [0.25, 0.3) is 0 Å². The van der Waals surface area contributed by atoms with E-state index in [4.69, 9.17) is 9.47 Å². The van der Waals surface area contributed by atoms with Crippen molar-refractivity contribution in [3.05, 3.63) is 0 Å². The van der Waals surface area contributed by atoms with Crippen molar-refractivity contribution in [2.75, 3.05) is 54.0 Å². The second kappa shape index (κ2) is 13.9. The van der Waals surface area contributed by atoms with Crippen LogP contribution in [0.15, 0.2) is 0 Å². The predicted octanol–water partition coefficient (Wildman–Crippen LogP) is 5.22. The van der Waals surface area contributed by atoms with Gasteiger partial charge in [-0.05, 0) is 70.6 Å². The summed E-state index contributed by atoms with van der Waals surface area (Å²) in [6, 6.07) is -0.0301. The van der Waals surface area contributed by atoms with E-state index in [0.29, 0.717) is 25.6 Å². The van der Waals surface area contributed by atoms with Crippen molar-refractivity contribution >= 4 is 5.91 Å². The minimum atomic E-state index is -4.66. The minimum Gasteiger partial charge on any atom is -0.379 e. The topological polar surface area (TPSA) is 45.2 Å². The third-order valence-corrected chi connectivity index (χ3v) is 9.53. The average molecular weight is 588 g/mol. The standard InChI is InChI=1S/C28H47F6N3O3/c1-18(2)36-10-12-37(13-11-36)25(20-6-7-23(39-4)24(16-20)40-5)26(38)35(3)9-8-19-14-21(27(29,30)31)17-22(15-19)28(32,33)34/h18-25H,6-17H2,1-5H3. The summed E-state index contributed by atoms with van der Waals surface area (Å²) in [6.45, 7) is 7.49. The maximum atomic E-state index is 14.0. The predicted molar refractivity (Wildman–Crippen MR) is 140 cm³/mol. The van der Waals surface area contributed by atoms with E-state index in [-0.39, 0.29) is 49.8 Å². The molecule has 40 heavy (non-hydrogen) atoms. The lowest BCUT2D eigenvalue weighted by atomic mass is 9.73. The highest BCUT2D eigenvalue weighted by molar-refractivity contribution is 5.82. The van der Waals surface area contributed by atoms with E-state index in [2.05, 4.69) is 23.6 Å². The van der Waals surface area contributed by atoms with Gasteiger partial charge < -0.3 is 14.4 Å². The van der Waals surface area contributed by atoms with Gasteiger partial charge in [0.05, 0.1) is 30.1 Å². The first-order valence-corrected chi connectivity index (χ1v) is 14.6. The van der Waals surface area contributed by atoms with Crippen molar-refractivity contribution in [1.82, 2.24) is 14.7 Å². The summed E-state index contributed by atoms with van der Waals surface area (Å²) in [6.07, 6.45) is -8.80. The number of halogens is 6. The molecule has 1 heterocycles. The molecule has 2 saturated carbocycles. The quantitative estimate of drug-likeness (QED) is 0.347. The molecule has 0 spiro atoms. The van der Waals surface area contributed by atoms with E-state index >= 15 is 0 Å². The summed E-state index contributed by atoms with van der Waals surface area (Å²) in [5.74, 6) is -4.79. The summed E-state index contributed by atoms with van der Waals surface area (Å²) < 4.78 is 92.0. The lowest BCUT2D eigenvalue weighted by Crippen LogP contribution is -2.59. The first kappa shape index (κ1) is 33.4. The Kier molecular flexibility index (Phi) is 11.6. The van der Waals surface area contributed by atoms with E-state index in [1.165, 1.54) is 4.90 Å². The Morgan fingerprint density at radius 3 is 1.82 bits per heavy atom. The average Bonchev–Trinajstić information content (AvgIpc) is 2.90. The summed E-state index contributed by atoms with van der Waals surface area (Å²) >= 11 is 0. The maximum absolute atomic E-state index is 14.0. The number of likely N-dealkylation sites (N-methyl/N-ethyl adjacent to an activating group) is 1. The molecule has 1 saturated heterocycles. The number of carbonyl (C=O) groups is 1. The lowest BCUT2D eigenvalue weighted by Gasteiger charge is -2.46. The Hall–Kier alpha value is -1.11. The van der Waals surface area contributed by atoms with Crippen LogP contribution in [0.25, 0.3) is 0 Å². The van der Waals surface area contributed by atoms with Gasteiger partial charge in [0.2, 0.25) is 5.91 Å². The van der Waals surface area contributed by atoms with Gasteiger partial charge in [0, 0.05) is 60.0 Å². The third kappa shape index (κ3) is 8.47. The lowest BCUT2D eigenvalue weighted by molar-refractivity contribution is -0.229. The summed E-state index contributed by atoms with van der Waals surface area (Å²) in [4.78, 5) is 20.1. The normalized spacial score (nSPS) is 32.3. The van der Waals surface area contributed by atoms with Gasteiger partial charge in [0.1, 0.15) is 0 Å². The zero-order valence-electron chi connectivity index (χ0n) is 24.4. The second-order valence-electron chi connectivity index (χ2n) is 12.3. The number of alkyl halides is 6. The number of ether oxygens (including phenoxy) is 2. The SMILES string of the molecule is COC1CCC(C(C(=O)N(C)CCC2CC(C(F)(F)F)CC(C(F)(F)F)C2)N2CCN(C(C)C)CC2)CC1OC. The van der Waals surface area contributed by atoms with Crippen molar-refractivity contribution in [2.45, 2.75) is 95.4 Å². The van der Waals surface area contributed by atoms with Crippen molar-refractivity contribution in [2.24, 2.45) is 23.7 Å². The highest BCUT2D eigenvalue weighted by atomic mass is 19.4. The molecule has 0 N–H and O–H groups in total. The van der Waals surface area contributed by atoms with Crippen molar-refractivity contribution in [3.8, 4) is 0 Å². The summed E-state index contributed by atoms with van der Waals surface area (Å²) in [5, 5.41) is 0. The number of methoxy groups -OCH3 is 2. The number of rotatable bonds is 9. The van der Waals surface area contributed by atoms with Crippen LogP contribution in [0.3, 0.4) is 0 Å². The van der Waals surface area contributed by atoms with E-state index in [9.17, 15) is 31.1 Å². The van der Waals surface area contributed by atoms with Crippen LogP contribution in [0.4, 0.5) is 26.3 Å². The molecule has 6 atom stereocenters. The molecule has 1 aliphatic heterocycles. The molecule has 0 aromatic heterocycles. The molecule has 6 nitrogen and oxygen atoms in total. The molecular weight excluding hydrogens is 540 g/mol. The number of hydrogen-bond donors (Lipinski definition) is 0. The van der Waals surface area contributed by atoms with Crippen LogP contribution in [-0.2, 0) is 14.3 Å². The van der Waals surface area contributed by atoms with Crippen LogP contribution >= 0.6 is 0 Å². The van der Waals surface area contributed by atoms with Gasteiger partial charge in [-0.25, -0.2) is 0 Å². The van der Waals surface area contributed by atoms with Gasteiger partial charge in [-0.3, -0.25) is 14.6 Å². The maximum Gasteiger partial charge on any atom is 0.391 e. The first-order chi connectivity index (χ1) is 18.6. The number of carbonyl (C=O) groups excluding carboxylic acids is 1. The Morgan fingerprint density at radius 1 is 0.825 bits per heavy atom. The zero-order chi connectivity index (χ0) is 29.8. The van der Waals surface area contributed by atoms with Gasteiger partial charge in [-0.1, -0.05) is 0 Å². The molecule has 3 fully saturated rings. The highest BCUT2D eigenvalue weighted by Crippen LogP contribution is 2.48. The third-order valence-electron chi connectivity index (χ3n) is 9.53. The molecule has 3 aliphatic rings. The first-order valence-electron chi connectivity index (χ1n) is 14.6. The molecule has 0 aromatic carbocycles. The Balaban J connectivity index is 1.71. The largest absolute Gasteiger partial charge is 0.391 e. The van der Waals surface area contributed by atoms with Crippen LogP contribution in [0.2, 0.25) is 0 Å². The van der Waals surface area contributed by atoms with Crippen LogP contribution in [0.5, 0.6) is 0 Å². The molecule has 12 heteroatoms. The number of piperazine rings is 1. The van der Waals surface area contributed by atoms with E-state index < -0.39 is 42.6 Å². The van der Waals surface area contributed by atoms with Crippen LogP contribution < -0.4 is 0 Å². The smallest absolute Gasteiger partial charge is 0.379 e. The van der Waals surface area contributed by atoms with Crippen molar-refractivity contribution in [3.63, 3.8) is 0 Å². The van der Waals surface area contributed by atoms with E-state index in [0.717, 1.165) is 25.9 Å². The highest BCUT2D eigenvalue weighted by Gasteiger charge is 2.52.